The highest BCUT2D eigenvalue weighted by molar-refractivity contribution is 5.15. The Morgan fingerprint density at radius 2 is 1.94 bits per heavy atom. The van der Waals surface area contributed by atoms with Crippen molar-refractivity contribution in [2.75, 3.05) is 13.1 Å². The second kappa shape index (κ2) is 7.42. The molecule has 16 heavy (non-hydrogen) atoms. The zero-order valence-corrected chi connectivity index (χ0v) is 10.3. The van der Waals surface area contributed by atoms with Crippen molar-refractivity contribution in [3.8, 4) is 0 Å². The van der Waals surface area contributed by atoms with E-state index in [-0.39, 0.29) is 6.10 Å². The fourth-order valence-electron chi connectivity index (χ4n) is 2.03. The van der Waals surface area contributed by atoms with Crippen LogP contribution in [0.5, 0.6) is 0 Å². The monoisotopic (exact) mass is 221 g/mol. The van der Waals surface area contributed by atoms with E-state index in [9.17, 15) is 5.11 Å². The first-order chi connectivity index (χ1) is 7.86. The molecule has 0 aliphatic carbocycles. The summed E-state index contributed by atoms with van der Waals surface area (Å²) in [7, 11) is 0. The van der Waals surface area contributed by atoms with Gasteiger partial charge in [0.15, 0.2) is 0 Å². The Morgan fingerprint density at radius 3 is 2.56 bits per heavy atom. The lowest BCUT2D eigenvalue weighted by Gasteiger charge is -2.28. The number of nitrogens with one attached hydrogen (secondary N) is 1. The van der Waals surface area contributed by atoms with Crippen molar-refractivity contribution in [2.24, 2.45) is 5.92 Å². The average Bonchev–Trinajstić information content (AvgIpc) is 2.36. The van der Waals surface area contributed by atoms with Crippen LogP contribution in [0.2, 0.25) is 0 Å². The van der Waals surface area contributed by atoms with Crippen molar-refractivity contribution in [3.63, 3.8) is 0 Å². The van der Waals surface area contributed by atoms with Gasteiger partial charge >= 0.3 is 0 Å². The molecular formula is C14H23NO. The highest BCUT2D eigenvalue weighted by atomic mass is 16.3. The van der Waals surface area contributed by atoms with Gasteiger partial charge in [0, 0.05) is 12.5 Å². The molecule has 2 atom stereocenters. The topological polar surface area (TPSA) is 32.3 Å². The van der Waals surface area contributed by atoms with Crippen molar-refractivity contribution in [1.82, 2.24) is 5.32 Å². The molecule has 1 aromatic rings. The summed E-state index contributed by atoms with van der Waals surface area (Å²) < 4.78 is 0. The van der Waals surface area contributed by atoms with Crippen LogP contribution in [0.4, 0.5) is 0 Å². The van der Waals surface area contributed by atoms with Gasteiger partial charge in [-0.1, -0.05) is 44.2 Å². The minimum atomic E-state index is -0.128. The molecule has 0 radical (unpaired) electrons. The third-order valence-corrected chi connectivity index (χ3v) is 2.91. The zero-order valence-electron chi connectivity index (χ0n) is 10.3. The molecule has 1 saturated heterocycles. The minimum absolute atomic E-state index is 0.128. The molecule has 1 aromatic carbocycles. The summed E-state index contributed by atoms with van der Waals surface area (Å²) in [6.45, 7) is 5.89. The second-order valence-electron chi connectivity index (χ2n) is 4.01. The Labute approximate surface area is 98.7 Å². The van der Waals surface area contributed by atoms with E-state index in [4.69, 9.17) is 0 Å². The number of rotatable bonds is 2. The van der Waals surface area contributed by atoms with Crippen LogP contribution in [-0.2, 0) is 6.42 Å². The summed E-state index contributed by atoms with van der Waals surface area (Å²) in [5, 5.41) is 13.1. The van der Waals surface area contributed by atoms with E-state index in [1.54, 1.807) is 0 Å². The summed E-state index contributed by atoms with van der Waals surface area (Å²) in [6.07, 6.45) is 1.74. The lowest BCUT2D eigenvalue weighted by Crippen LogP contribution is -2.40. The van der Waals surface area contributed by atoms with Crippen LogP contribution in [0, 0.1) is 5.92 Å². The van der Waals surface area contributed by atoms with E-state index >= 15 is 0 Å². The van der Waals surface area contributed by atoms with E-state index < -0.39 is 0 Å². The maximum atomic E-state index is 9.79. The Balaban J connectivity index is 0.000000606. The van der Waals surface area contributed by atoms with E-state index in [2.05, 4.69) is 29.6 Å². The molecule has 1 heterocycles. The molecule has 0 aromatic heterocycles. The number of hydrogen-bond donors (Lipinski definition) is 2. The highest BCUT2D eigenvalue weighted by Gasteiger charge is 2.22. The predicted molar refractivity (Wildman–Crippen MR) is 68.5 cm³/mol. The smallest absolute Gasteiger partial charge is 0.0595 e. The molecule has 0 amide bonds. The SMILES string of the molecule is CC.OC1CCNCC1Cc1ccccc1. The molecule has 1 aliphatic rings. The van der Waals surface area contributed by atoms with Gasteiger partial charge in [0.1, 0.15) is 0 Å². The Hall–Kier alpha value is -0.860. The Kier molecular flexibility index (Phi) is 6.12. The lowest BCUT2D eigenvalue weighted by molar-refractivity contribution is 0.0791. The van der Waals surface area contributed by atoms with Crippen LogP contribution in [0.25, 0.3) is 0 Å². The van der Waals surface area contributed by atoms with Crippen molar-refractivity contribution >= 4 is 0 Å². The van der Waals surface area contributed by atoms with Crippen LogP contribution in [0.1, 0.15) is 25.8 Å². The van der Waals surface area contributed by atoms with Crippen molar-refractivity contribution in [1.29, 1.82) is 0 Å². The van der Waals surface area contributed by atoms with Gasteiger partial charge < -0.3 is 10.4 Å². The van der Waals surface area contributed by atoms with Gasteiger partial charge in [-0.2, -0.15) is 0 Å². The van der Waals surface area contributed by atoms with Crippen LogP contribution in [-0.4, -0.2) is 24.3 Å². The van der Waals surface area contributed by atoms with Crippen LogP contribution >= 0.6 is 0 Å². The average molecular weight is 221 g/mol. The molecule has 2 unspecified atom stereocenters. The minimum Gasteiger partial charge on any atom is -0.393 e. The largest absolute Gasteiger partial charge is 0.393 e. The molecule has 1 aliphatic heterocycles. The third kappa shape index (κ3) is 3.95. The molecule has 2 nitrogen and oxygen atoms in total. The summed E-state index contributed by atoms with van der Waals surface area (Å²) >= 11 is 0. The lowest BCUT2D eigenvalue weighted by atomic mass is 9.90. The number of aliphatic hydroxyl groups is 1. The second-order valence-corrected chi connectivity index (χ2v) is 4.01. The molecule has 2 rings (SSSR count). The van der Waals surface area contributed by atoms with Gasteiger partial charge in [-0.05, 0) is 24.9 Å². The molecule has 2 heteroatoms. The molecule has 2 N–H and O–H groups in total. The standard InChI is InChI=1S/C12H17NO.C2H6/c14-12-6-7-13-9-11(12)8-10-4-2-1-3-5-10;1-2/h1-5,11-14H,6-9H2;1-2H3. The zero-order chi connectivity index (χ0) is 11.8. The van der Waals surface area contributed by atoms with Gasteiger partial charge in [0.25, 0.3) is 0 Å². The van der Waals surface area contributed by atoms with Gasteiger partial charge in [-0.3, -0.25) is 0 Å². The maximum absolute atomic E-state index is 9.79. The normalized spacial score (nSPS) is 24.4. The summed E-state index contributed by atoms with van der Waals surface area (Å²) in [4.78, 5) is 0. The molecule has 0 bridgehead atoms. The first-order valence-electron chi connectivity index (χ1n) is 6.29. The molecule has 0 spiro atoms. The van der Waals surface area contributed by atoms with Crippen molar-refractivity contribution in [2.45, 2.75) is 32.8 Å². The molecule has 0 saturated carbocycles. The molecule has 1 fully saturated rings. The van der Waals surface area contributed by atoms with Crippen LogP contribution in [0.15, 0.2) is 30.3 Å². The number of hydrogen-bond acceptors (Lipinski definition) is 2. The number of aliphatic hydroxyl groups excluding tert-OH is 1. The summed E-state index contributed by atoms with van der Waals surface area (Å²) in [6, 6.07) is 10.4. The molecule has 90 valence electrons. The summed E-state index contributed by atoms with van der Waals surface area (Å²) in [5.74, 6) is 0.381. The van der Waals surface area contributed by atoms with Gasteiger partial charge in [0.05, 0.1) is 6.10 Å². The fourth-order valence-corrected chi connectivity index (χ4v) is 2.03. The van der Waals surface area contributed by atoms with Crippen molar-refractivity contribution in [3.05, 3.63) is 35.9 Å². The Morgan fingerprint density at radius 1 is 1.25 bits per heavy atom. The van der Waals surface area contributed by atoms with Crippen molar-refractivity contribution < 1.29 is 5.11 Å². The fraction of sp³-hybridized carbons (Fsp3) is 0.571. The number of piperidine rings is 1. The first-order valence-corrected chi connectivity index (χ1v) is 6.29. The Bertz CT molecular complexity index is 273. The van der Waals surface area contributed by atoms with E-state index in [0.29, 0.717) is 5.92 Å². The third-order valence-electron chi connectivity index (χ3n) is 2.91. The van der Waals surface area contributed by atoms with Crippen LogP contribution < -0.4 is 5.32 Å². The maximum Gasteiger partial charge on any atom is 0.0595 e. The quantitative estimate of drug-likeness (QED) is 0.802. The summed E-state index contributed by atoms with van der Waals surface area (Å²) in [5.41, 5.74) is 1.32. The van der Waals surface area contributed by atoms with E-state index in [0.717, 1.165) is 25.9 Å². The molecular weight excluding hydrogens is 198 g/mol. The predicted octanol–water partition coefficient (Wildman–Crippen LogP) is 2.23. The number of benzene rings is 1. The van der Waals surface area contributed by atoms with Gasteiger partial charge in [-0.25, -0.2) is 0 Å². The highest BCUT2D eigenvalue weighted by Crippen LogP contribution is 2.16. The van der Waals surface area contributed by atoms with Gasteiger partial charge in [0.2, 0.25) is 0 Å². The van der Waals surface area contributed by atoms with Gasteiger partial charge in [-0.15, -0.1) is 0 Å². The van der Waals surface area contributed by atoms with E-state index in [1.165, 1.54) is 5.56 Å². The first kappa shape index (κ1) is 13.2. The van der Waals surface area contributed by atoms with E-state index in [1.807, 2.05) is 19.9 Å². The van der Waals surface area contributed by atoms with Crippen LogP contribution in [0.3, 0.4) is 0 Å².